The molecule has 0 spiro atoms. The minimum atomic E-state index is -0.952. The molecule has 1 atom stereocenters. The lowest BCUT2D eigenvalue weighted by Gasteiger charge is -2.22. The van der Waals surface area contributed by atoms with E-state index in [-0.39, 0.29) is 16.7 Å². The standard InChI is InChI=1S/C29H25N3O5S/c1-29(2,3)17-8-9-18-22(15-17)38-28(31-18)32-24(19-6-4-5-11-30-19)23(26(34)27(32)35)25(33)16-7-10-20-21(14-16)37-13-12-36-20/h4-11,14-15,24,33H,12-13H2,1-3H3/b25-23+. The number of hydrogen-bond donors (Lipinski definition) is 1. The number of aromatic nitrogens is 2. The van der Waals surface area contributed by atoms with Gasteiger partial charge in [-0.1, -0.05) is 44.2 Å². The van der Waals surface area contributed by atoms with E-state index in [0.29, 0.717) is 41.1 Å². The average Bonchev–Trinajstić information content (AvgIpc) is 3.45. The number of Topliss-reactive ketones (excluding diaryl/α,β-unsaturated/α-hetero) is 1. The van der Waals surface area contributed by atoms with Crippen LogP contribution in [0.2, 0.25) is 0 Å². The zero-order valence-electron chi connectivity index (χ0n) is 21.1. The maximum Gasteiger partial charge on any atom is 0.301 e. The molecule has 1 fully saturated rings. The summed E-state index contributed by atoms with van der Waals surface area (Å²) < 4.78 is 12.1. The minimum absolute atomic E-state index is 0.0555. The Hall–Kier alpha value is -4.24. The molecular weight excluding hydrogens is 502 g/mol. The summed E-state index contributed by atoms with van der Waals surface area (Å²) in [5.74, 6) is -0.865. The van der Waals surface area contributed by atoms with Crippen LogP contribution in [-0.2, 0) is 15.0 Å². The van der Waals surface area contributed by atoms with Gasteiger partial charge in [0.15, 0.2) is 16.6 Å². The second-order valence-corrected chi connectivity index (χ2v) is 11.2. The van der Waals surface area contributed by atoms with Crippen LogP contribution in [-0.4, -0.2) is 40.0 Å². The molecule has 6 rings (SSSR count). The summed E-state index contributed by atoms with van der Waals surface area (Å²) in [4.78, 5) is 37.4. The van der Waals surface area contributed by atoms with Crippen LogP contribution in [0.5, 0.6) is 11.5 Å². The molecule has 2 aromatic carbocycles. The van der Waals surface area contributed by atoms with Gasteiger partial charge in [-0.25, -0.2) is 4.98 Å². The van der Waals surface area contributed by atoms with Crippen LogP contribution < -0.4 is 14.4 Å². The molecule has 1 unspecified atom stereocenters. The maximum atomic E-state index is 13.5. The summed E-state index contributed by atoms with van der Waals surface area (Å²) in [5.41, 5.74) is 2.54. The summed E-state index contributed by atoms with van der Waals surface area (Å²) in [6.45, 7) is 7.21. The van der Waals surface area contributed by atoms with E-state index in [4.69, 9.17) is 14.5 Å². The first kappa shape index (κ1) is 24.1. The molecule has 4 aromatic rings. The number of benzene rings is 2. The molecule has 1 amide bonds. The summed E-state index contributed by atoms with van der Waals surface area (Å²) in [5, 5.41) is 11.8. The van der Waals surface area contributed by atoms with Crippen LogP contribution in [0, 0.1) is 0 Å². The van der Waals surface area contributed by atoms with Crippen LogP contribution in [0.1, 0.15) is 43.6 Å². The summed E-state index contributed by atoms with van der Waals surface area (Å²) in [6, 6.07) is 15.3. The van der Waals surface area contributed by atoms with Crippen LogP contribution in [0.25, 0.3) is 16.0 Å². The number of hydrogen-bond acceptors (Lipinski definition) is 8. The van der Waals surface area contributed by atoms with Gasteiger partial charge in [0, 0.05) is 11.8 Å². The Balaban J connectivity index is 1.51. The van der Waals surface area contributed by atoms with Gasteiger partial charge in [0.2, 0.25) is 0 Å². The van der Waals surface area contributed by atoms with E-state index in [1.54, 1.807) is 42.6 Å². The molecule has 0 bridgehead atoms. The molecule has 2 aliphatic rings. The predicted molar refractivity (Wildman–Crippen MR) is 145 cm³/mol. The minimum Gasteiger partial charge on any atom is -0.507 e. The molecule has 8 nitrogen and oxygen atoms in total. The lowest BCUT2D eigenvalue weighted by Crippen LogP contribution is -2.29. The highest BCUT2D eigenvalue weighted by molar-refractivity contribution is 7.22. The first-order chi connectivity index (χ1) is 18.2. The zero-order valence-corrected chi connectivity index (χ0v) is 21.9. The third-order valence-corrected chi connectivity index (χ3v) is 7.69. The lowest BCUT2D eigenvalue weighted by atomic mass is 9.87. The number of pyridine rings is 1. The topological polar surface area (TPSA) is 102 Å². The fourth-order valence-corrected chi connectivity index (χ4v) is 5.71. The SMILES string of the molecule is CC(C)(C)c1ccc2nc(N3C(=O)C(=O)/C(=C(/O)c4ccc5c(c4)OCCO5)C3c3ccccn3)sc2c1. The number of ether oxygens (including phenoxy) is 2. The fourth-order valence-electron chi connectivity index (χ4n) is 4.68. The Morgan fingerprint density at radius 1 is 1.03 bits per heavy atom. The molecular formula is C29H25N3O5S. The molecule has 2 aromatic heterocycles. The van der Waals surface area contributed by atoms with Crippen molar-refractivity contribution < 1.29 is 24.2 Å². The monoisotopic (exact) mass is 527 g/mol. The van der Waals surface area contributed by atoms with Crippen molar-refractivity contribution in [3.05, 3.63) is 83.2 Å². The molecule has 0 aliphatic carbocycles. The van der Waals surface area contributed by atoms with Crippen LogP contribution in [0.3, 0.4) is 0 Å². The average molecular weight is 528 g/mol. The van der Waals surface area contributed by atoms with Gasteiger partial charge in [0.05, 0.1) is 21.5 Å². The number of thiazole rings is 1. The first-order valence-corrected chi connectivity index (χ1v) is 13.1. The highest BCUT2D eigenvalue weighted by Crippen LogP contribution is 2.45. The lowest BCUT2D eigenvalue weighted by molar-refractivity contribution is -0.132. The largest absolute Gasteiger partial charge is 0.507 e. The molecule has 0 radical (unpaired) electrons. The van der Waals surface area contributed by atoms with E-state index in [1.807, 2.05) is 12.1 Å². The second kappa shape index (κ2) is 8.95. The molecule has 192 valence electrons. The number of nitrogens with zero attached hydrogens (tertiary/aromatic N) is 3. The van der Waals surface area contributed by atoms with E-state index in [2.05, 4.69) is 31.8 Å². The van der Waals surface area contributed by atoms with Crippen LogP contribution >= 0.6 is 11.3 Å². The van der Waals surface area contributed by atoms with E-state index in [1.165, 1.54) is 16.2 Å². The van der Waals surface area contributed by atoms with Crippen molar-refractivity contribution in [2.75, 3.05) is 18.1 Å². The number of ketones is 1. The maximum absolute atomic E-state index is 13.5. The number of fused-ring (bicyclic) bond motifs is 2. The fraction of sp³-hybridized carbons (Fsp3) is 0.241. The van der Waals surface area contributed by atoms with Crippen molar-refractivity contribution in [3.63, 3.8) is 0 Å². The molecule has 1 saturated heterocycles. The van der Waals surface area contributed by atoms with E-state index in [9.17, 15) is 14.7 Å². The van der Waals surface area contributed by atoms with Gasteiger partial charge in [-0.2, -0.15) is 0 Å². The third-order valence-electron chi connectivity index (χ3n) is 6.68. The van der Waals surface area contributed by atoms with Crippen molar-refractivity contribution in [1.29, 1.82) is 0 Å². The van der Waals surface area contributed by atoms with Gasteiger partial charge in [0.1, 0.15) is 25.0 Å². The van der Waals surface area contributed by atoms with E-state index >= 15 is 0 Å². The van der Waals surface area contributed by atoms with E-state index < -0.39 is 17.7 Å². The second-order valence-electron chi connectivity index (χ2n) is 10.2. The smallest absolute Gasteiger partial charge is 0.301 e. The number of aliphatic hydroxyl groups excluding tert-OH is 1. The normalized spacial score (nSPS) is 18.8. The first-order valence-electron chi connectivity index (χ1n) is 12.3. The van der Waals surface area contributed by atoms with Crippen molar-refractivity contribution in [2.24, 2.45) is 0 Å². The third kappa shape index (κ3) is 3.99. The highest BCUT2D eigenvalue weighted by Gasteiger charge is 2.49. The number of carbonyl (C=O) groups excluding carboxylic acids is 2. The zero-order chi connectivity index (χ0) is 26.6. The number of aliphatic hydroxyl groups is 1. The van der Waals surface area contributed by atoms with Crippen molar-refractivity contribution in [2.45, 2.75) is 32.2 Å². The van der Waals surface area contributed by atoms with Gasteiger partial charge in [0.25, 0.3) is 5.78 Å². The molecule has 1 N–H and O–H groups in total. The summed E-state index contributed by atoms with van der Waals surface area (Å²) in [6.07, 6.45) is 1.59. The van der Waals surface area contributed by atoms with Crippen LogP contribution in [0.4, 0.5) is 5.13 Å². The molecule has 9 heteroatoms. The number of rotatable bonds is 3. The van der Waals surface area contributed by atoms with Gasteiger partial charge in [-0.05, 0) is 53.4 Å². The van der Waals surface area contributed by atoms with Gasteiger partial charge >= 0.3 is 5.91 Å². The summed E-state index contributed by atoms with van der Waals surface area (Å²) >= 11 is 1.33. The Morgan fingerprint density at radius 3 is 2.55 bits per heavy atom. The number of anilines is 1. The van der Waals surface area contributed by atoms with Gasteiger partial charge < -0.3 is 14.6 Å². The molecule has 0 saturated carbocycles. The molecule has 2 aliphatic heterocycles. The number of amides is 1. The Morgan fingerprint density at radius 2 is 1.82 bits per heavy atom. The van der Waals surface area contributed by atoms with Crippen molar-refractivity contribution in [3.8, 4) is 11.5 Å². The van der Waals surface area contributed by atoms with Crippen molar-refractivity contribution in [1.82, 2.24) is 9.97 Å². The van der Waals surface area contributed by atoms with E-state index in [0.717, 1.165) is 15.8 Å². The Bertz CT molecular complexity index is 1620. The van der Waals surface area contributed by atoms with Crippen LogP contribution in [0.15, 0.2) is 66.4 Å². The van der Waals surface area contributed by atoms with Gasteiger partial charge in [-0.3, -0.25) is 19.5 Å². The Kier molecular flexibility index (Phi) is 5.68. The predicted octanol–water partition coefficient (Wildman–Crippen LogP) is 5.39. The Labute approximate surface area is 223 Å². The van der Waals surface area contributed by atoms with Crippen molar-refractivity contribution >= 4 is 44.1 Å². The number of carbonyl (C=O) groups is 2. The van der Waals surface area contributed by atoms with Gasteiger partial charge in [-0.15, -0.1) is 0 Å². The quantitative estimate of drug-likeness (QED) is 0.217. The molecule has 4 heterocycles. The summed E-state index contributed by atoms with van der Waals surface area (Å²) in [7, 11) is 0. The molecule has 38 heavy (non-hydrogen) atoms. The highest BCUT2D eigenvalue weighted by atomic mass is 32.1.